The Bertz CT molecular complexity index is 909. The predicted molar refractivity (Wildman–Crippen MR) is 102 cm³/mol. The van der Waals surface area contributed by atoms with Gasteiger partial charge in [0.1, 0.15) is 0 Å². The van der Waals surface area contributed by atoms with Crippen molar-refractivity contribution in [1.29, 1.82) is 0 Å². The normalized spacial score (nSPS) is 10.7. The van der Waals surface area contributed by atoms with Crippen LogP contribution in [0.25, 0.3) is 5.69 Å². The molecule has 0 fully saturated rings. The number of benzene rings is 2. The smallest absolute Gasteiger partial charge is 0.360 e. The van der Waals surface area contributed by atoms with Crippen LogP contribution in [0.5, 0.6) is 0 Å². The third-order valence-corrected chi connectivity index (χ3v) is 4.27. The lowest BCUT2D eigenvalue weighted by atomic mass is 10.1. The standard InChI is InChI=1S/C20H22N4O3/c1-2-16-10-6-7-11-17(16)24-21-18(20(26)27)19(22-24)23(12-13-25)14-15-8-4-3-5-9-15/h3-11,25H,2,12-14H2,1H3,(H,26,27). The van der Waals surface area contributed by atoms with Gasteiger partial charge >= 0.3 is 5.97 Å². The van der Waals surface area contributed by atoms with Crippen LogP contribution in [-0.4, -0.2) is 44.3 Å². The van der Waals surface area contributed by atoms with Crippen molar-refractivity contribution < 1.29 is 15.0 Å². The highest BCUT2D eigenvalue weighted by molar-refractivity contribution is 5.91. The summed E-state index contributed by atoms with van der Waals surface area (Å²) >= 11 is 0. The summed E-state index contributed by atoms with van der Waals surface area (Å²) < 4.78 is 0. The van der Waals surface area contributed by atoms with E-state index in [1.165, 1.54) is 4.80 Å². The van der Waals surface area contributed by atoms with E-state index in [0.717, 1.165) is 23.2 Å². The first-order valence-electron chi connectivity index (χ1n) is 8.82. The molecule has 7 nitrogen and oxygen atoms in total. The second-order valence-corrected chi connectivity index (χ2v) is 6.08. The van der Waals surface area contributed by atoms with E-state index in [2.05, 4.69) is 10.2 Å². The summed E-state index contributed by atoms with van der Waals surface area (Å²) in [5.41, 5.74) is 2.63. The van der Waals surface area contributed by atoms with E-state index in [9.17, 15) is 15.0 Å². The number of hydrogen-bond donors (Lipinski definition) is 2. The van der Waals surface area contributed by atoms with E-state index in [4.69, 9.17) is 0 Å². The molecule has 3 aromatic rings. The van der Waals surface area contributed by atoms with Crippen LogP contribution in [-0.2, 0) is 13.0 Å². The SMILES string of the molecule is CCc1ccccc1-n1nc(C(=O)O)c(N(CCO)Cc2ccccc2)n1. The highest BCUT2D eigenvalue weighted by Gasteiger charge is 2.24. The molecule has 0 aliphatic rings. The number of rotatable bonds is 8. The number of carbonyl (C=O) groups is 1. The minimum atomic E-state index is -1.15. The fourth-order valence-electron chi connectivity index (χ4n) is 2.95. The minimum absolute atomic E-state index is 0.121. The van der Waals surface area contributed by atoms with E-state index in [0.29, 0.717) is 6.54 Å². The van der Waals surface area contributed by atoms with Gasteiger partial charge < -0.3 is 15.1 Å². The molecule has 0 amide bonds. The number of aryl methyl sites for hydroxylation is 1. The van der Waals surface area contributed by atoms with Crippen LogP contribution in [0.3, 0.4) is 0 Å². The molecule has 0 saturated carbocycles. The van der Waals surface area contributed by atoms with E-state index in [1.54, 1.807) is 4.90 Å². The van der Waals surface area contributed by atoms with Crippen LogP contribution in [0.4, 0.5) is 5.82 Å². The number of aliphatic hydroxyl groups excluding tert-OH is 1. The molecule has 0 bridgehead atoms. The predicted octanol–water partition coefficient (Wildman–Crippen LogP) is 2.53. The highest BCUT2D eigenvalue weighted by atomic mass is 16.4. The number of nitrogens with zero attached hydrogens (tertiary/aromatic N) is 4. The Labute approximate surface area is 157 Å². The largest absolute Gasteiger partial charge is 0.476 e. The lowest BCUT2D eigenvalue weighted by molar-refractivity contribution is 0.0690. The van der Waals surface area contributed by atoms with Gasteiger partial charge in [-0.1, -0.05) is 55.5 Å². The maximum atomic E-state index is 11.8. The zero-order chi connectivity index (χ0) is 19.2. The Kier molecular flexibility index (Phi) is 5.83. The van der Waals surface area contributed by atoms with Gasteiger partial charge in [-0.3, -0.25) is 0 Å². The second-order valence-electron chi connectivity index (χ2n) is 6.08. The summed E-state index contributed by atoms with van der Waals surface area (Å²) in [5, 5.41) is 27.8. The molecule has 0 aliphatic carbocycles. The summed E-state index contributed by atoms with van der Waals surface area (Å²) in [5.74, 6) is -0.910. The number of carboxylic acids is 1. The van der Waals surface area contributed by atoms with Crippen molar-refractivity contribution in [2.45, 2.75) is 19.9 Å². The quantitative estimate of drug-likeness (QED) is 0.637. The third-order valence-electron chi connectivity index (χ3n) is 4.27. The van der Waals surface area contributed by atoms with Crippen molar-refractivity contribution in [3.63, 3.8) is 0 Å². The number of anilines is 1. The van der Waals surface area contributed by atoms with Gasteiger partial charge in [-0.05, 0) is 23.6 Å². The molecular weight excluding hydrogens is 344 g/mol. The van der Waals surface area contributed by atoms with Gasteiger partial charge in [0.2, 0.25) is 5.69 Å². The first-order chi connectivity index (χ1) is 13.1. The second kappa shape index (κ2) is 8.46. The Morgan fingerprint density at radius 2 is 1.78 bits per heavy atom. The van der Waals surface area contributed by atoms with Crippen LogP contribution in [0.1, 0.15) is 28.5 Å². The Hall–Kier alpha value is -3.19. The summed E-state index contributed by atoms with van der Waals surface area (Å²) in [4.78, 5) is 14.9. The van der Waals surface area contributed by atoms with Crippen LogP contribution in [0, 0.1) is 0 Å². The molecule has 2 N–H and O–H groups in total. The number of para-hydroxylation sites is 1. The van der Waals surface area contributed by atoms with Gasteiger partial charge in [0, 0.05) is 13.1 Å². The lowest BCUT2D eigenvalue weighted by Crippen LogP contribution is -2.28. The van der Waals surface area contributed by atoms with Crippen LogP contribution in [0.2, 0.25) is 0 Å². The molecule has 3 rings (SSSR count). The van der Waals surface area contributed by atoms with Gasteiger partial charge in [-0.25, -0.2) is 4.79 Å². The molecular formula is C20H22N4O3. The zero-order valence-corrected chi connectivity index (χ0v) is 15.1. The average molecular weight is 366 g/mol. The molecule has 0 atom stereocenters. The first kappa shape index (κ1) is 18.6. The summed E-state index contributed by atoms with van der Waals surface area (Å²) in [6.45, 7) is 2.58. The summed E-state index contributed by atoms with van der Waals surface area (Å²) in [7, 11) is 0. The van der Waals surface area contributed by atoms with Crippen LogP contribution < -0.4 is 4.90 Å². The van der Waals surface area contributed by atoms with Crippen molar-refractivity contribution in [2.75, 3.05) is 18.1 Å². The van der Waals surface area contributed by atoms with Gasteiger partial charge in [-0.15, -0.1) is 15.0 Å². The zero-order valence-electron chi connectivity index (χ0n) is 15.1. The third kappa shape index (κ3) is 4.15. The van der Waals surface area contributed by atoms with Crippen molar-refractivity contribution >= 4 is 11.8 Å². The maximum absolute atomic E-state index is 11.8. The maximum Gasteiger partial charge on any atom is 0.360 e. The summed E-state index contributed by atoms with van der Waals surface area (Å²) in [6.07, 6.45) is 0.778. The number of aromatic carboxylic acids is 1. The van der Waals surface area contributed by atoms with Gasteiger partial charge in [0.25, 0.3) is 0 Å². The van der Waals surface area contributed by atoms with Crippen LogP contribution >= 0.6 is 0 Å². The lowest BCUT2D eigenvalue weighted by Gasteiger charge is -2.21. The number of hydrogen-bond acceptors (Lipinski definition) is 5. The number of aliphatic hydroxyl groups is 1. The van der Waals surface area contributed by atoms with Gasteiger partial charge in [-0.2, -0.15) is 0 Å². The van der Waals surface area contributed by atoms with Crippen molar-refractivity contribution in [2.24, 2.45) is 0 Å². The van der Waals surface area contributed by atoms with Crippen LogP contribution in [0.15, 0.2) is 54.6 Å². The summed E-state index contributed by atoms with van der Waals surface area (Å²) in [6, 6.07) is 17.3. The molecule has 1 heterocycles. The minimum Gasteiger partial charge on any atom is -0.476 e. The average Bonchev–Trinajstić information content (AvgIpc) is 3.14. The molecule has 0 spiro atoms. The topological polar surface area (TPSA) is 91.5 Å². The Morgan fingerprint density at radius 3 is 2.44 bits per heavy atom. The van der Waals surface area contributed by atoms with E-state index in [1.807, 2.05) is 61.5 Å². The van der Waals surface area contributed by atoms with Crippen molar-refractivity contribution in [3.05, 3.63) is 71.4 Å². The van der Waals surface area contributed by atoms with Crippen molar-refractivity contribution in [1.82, 2.24) is 15.0 Å². The van der Waals surface area contributed by atoms with E-state index >= 15 is 0 Å². The molecule has 0 radical (unpaired) electrons. The number of aromatic nitrogens is 3. The Morgan fingerprint density at radius 1 is 1.07 bits per heavy atom. The fourth-order valence-corrected chi connectivity index (χ4v) is 2.95. The fraction of sp³-hybridized carbons (Fsp3) is 0.250. The molecule has 0 unspecified atom stereocenters. The molecule has 7 heteroatoms. The molecule has 0 aliphatic heterocycles. The van der Waals surface area contributed by atoms with Gasteiger partial charge in [0.05, 0.1) is 12.3 Å². The molecule has 1 aromatic heterocycles. The van der Waals surface area contributed by atoms with E-state index in [-0.39, 0.29) is 24.7 Å². The molecule has 0 saturated heterocycles. The van der Waals surface area contributed by atoms with Crippen molar-refractivity contribution in [3.8, 4) is 5.69 Å². The number of carboxylic acid groups (broad SMARTS) is 1. The molecule has 27 heavy (non-hydrogen) atoms. The molecule has 140 valence electrons. The monoisotopic (exact) mass is 366 g/mol. The Balaban J connectivity index is 2.04. The van der Waals surface area contributed by atoms with E-state index < -0.39 is 5.97 Å². The molecule has 2 aromatic carbocycles. The highest BCUT2D eigenvalue weighted by Crippen LogP contribution is 2.22. The van der Waals surface area contributed by atoms with Gasteiger partial charge in [0.15, 0.2) is 5.82 Å². The first-order valence-corrected chi connectivity index (χ1v) is 8.82.